The van der Waals surface area contributed by atoms with Gasteiger partial charge in [-0.15, -0.1) is 0 Å². The summed E-state index contributed by atoms with van der Waals surface area (Å²) in [6, 6.07) is 11.7. The summed E-state index contributed by atoms with van der Waals surface area (Å²) < 4.78 is 65.1. The van der Waals surface area contributed by atoms with Gasteiger partial charge in [0.25, 0.3) is 0 Å². The highest BCUT2D eigenvalue weighted by Gasteiger charge is 2.31. The summed E-state index contributed by atoms with van der Waals surface area (Å²) in [5.41, 5.74) is 0.0861. The van der Waals surface area contributed by atoms with Gasteiger partial charge in [-0.2, -0.15) is 13.2 Å². The molecule has 0 unspecified atom stereocenters. The van der Waals surface area contributed by atoms with E-state index < -0.39 is 21.8 Å². The van der Waals surface area contributed by atoms with Crippen molar-refractivity contribution in [2.24, 2.45) is 0 Å². The number of nitrogens with zero attached hydrogens (tertiary/aromatic N) is 3. The van der Waals surface area contributed by atoms with Crippen molar-refractivity contribution in [3.8, 4) is 0 Å². The molecule has 1 saturated heterocycles. The predicted molar refractivity (Wildman–Crippen MR) is 117 cm³/mol. The third-order valence-electron chi connectivity index (χ3n) is 4.95. The summed E-state index contributed by atoms with van der Waals surface area (Å²) in [5, 5.41) is 0. The number of rotatable bonds is 5. The maximum Gasteiger partial charge on any atom is 0.416 e. The number of benzene rings is 2. The molecule has 168 valence electrons. The Morgan fingerprint density at radius 2 is 1.71 bits per heavy atom. The number of hydrogen-bond acceptors (Lipinski definition) is 4. The summed E-state index contributed by atoms with van der Waals surface area (Å²) in [5.74, 6) is -0.367. The molecule has 1 heterocycles. The van der Waals surface area contributed by atoms with Crippen molar-refractivity contribution in [2.45, 2.75) is 6.18 Å². The van der Waals surface area contributed by atoms with E-state index in [0.29, 0.717) is 28.9 Å². The van der Waals surface area contributed by atoms with Crippen LogP contribution in [-0.2, 0) is 21.0 Å². The van der Waals surface area contributed by atoms with Crippen LogP contribution < -0.4 is 9.21 Å². The van der Waals surface area contributed by atoms with E-state index in [4.69, 9.17) is 0 Å². The number of amides is 1. The van der Waals surface area contributed by atoms with Gasteiger partial charge in [0, 0.05) is 36.3 Å². The minimum Gasteiger partial charge on any atom is -0.368 e. The lowest BCUT2D eigenvalue weighted by Gasteiger charge is -2.37. The van der Waals surface area contributed by atoms with Crippen LogP contribution in [0.1, 0.15) is 5.56 Å². The second-order valence-corrected chi connectivity index (χ2v) is 9.99. The molecule has 31 heavy (non-hydrogen) atoms. The molecular weight excluding hydrogens is 499 g/mol. The fraction of sp³-hybridized carbons (Fsp3) is 0.350. The molecule has 0 aromatic heterocycles. The average Bonchev–Trinajstić information content (AvgIpc) is 2.70. The summed E-state index contributed by atoms with van der Waals surface area (Å²) >= 11 is 3.29. The van der Waals surface area contributed by atoms with Crippen LogP contribution in [0.3, 0.4) is 0 Å². The molecule has 11 heteroatoms. The van der Waals surface area contributed by atoms with E-state index in [1.54, 1.807) is 35.2 Å². The van der Waals surface area contributed by atoms with Crippen LogP contribution in [0, 0.1) is 0 Å². The van der Waals surface area contributed by atoms with Crippen LogP contribution in [0.2, 0.25) is 0 Å². The van der Waals surface area contributed by atoms with E-state index in [-0.39, 0.29) is 25.5 Å². The fourth-order valence-corrected chi connectivity index (χ4v) is 4.58. The molecule has 0 N–H and O–H groups in total. The lowest BCUT2D eigenvalue weighted by molar-refractivity contribution is -0.137. The molecule has 0 aliphatic carbocycles. The zero-order chi connectivity index (χ0) is 22.8. The highest BCUT2D eigenvalue weighted by atomic mass is 79.9. The molecule has 2 aromatic rings. The highest BCUT2D eigenvalue weighted by Crippen LogP contribution is 2.32. The van der Waals surface area contributed by atoms with E-state index in [0.717, 1.165) is 22.7 Å². The largest absolute Gasteiger partial charge is 0.416 e. The minimum absolute atomic E-state index is 0.283. The first kappa shape index (κ1) is 23.4. The van der Waals surface area contributed by atoms with Crippen LogP contribution in [0.5, 0.6) is 0 Å². The molecule has 3 rings (SSSR count). The smallest absolute Gasteiger partial charge is 0.368 e. The van der Waals surface area contributed by atoms with Crippen molar-refractivity contribution in [1.29, 1.82) is 0 Å². The first-order valence-corrected chi connectivity index (χ1v) is 12.0. The SMILES string of the molecule is CS(=O)(=O)N(CC(=O)N1CCN(c2cccc(C(F)(F)F)c2)CC1)c1cccc(Br)c1. The van der Waals surface area contributed by atoms with Gasteiger partial charge in [0.15, 0.2) is 0 Å². The maximum absolute atomic E-state index is 13.0. The molecule has 1 amide bonds. The van der Waals surface area contributed by atoms with Gasteiger partial charge < -0.3 is 9.80 Å². The number of hydrogen-bond donors (Lipinski definition) is 0. The van der Waals surface area contributed by atoms with Gasteiger partial charge in [-0.05, 0) is 36.4 Å². The summed E-state index contributed by atoms with van der Waals surface area (Å²) in [6.07, 6.45) is -3.39. The normalized spacial score (nSPS) is 15.1. The van der Waals surface area contributed by atoms with Crippen molar-refractivity contribution < 1.29 is 26.4 Å². The molecule has 0 bridgehead atoms. The Kier molecular flexibility index (Phi) is 6.85. The molecule has 0 radical (unpaired) electrons. The maximum atomic E-state index is 13.0. The van der Waals surface area contributed by atoms with Gasteiger partial charge in [-0.1, -0.05) is 28.1 Å². The molecule has 0 atom stereocenters. The van der Waals surface area contributed by atoms with Crippen LogP contribution in [-0.4, -0.2) is 58.2 Å². The highest BCUT2D eigenvalue weighted by molar-refractivity contribution is 9.10. The second-order valence-electron chi connectivity index (χ2n) is 7.17. The van der Waals surface area contributed by atoms with Crippen molar-refractivity contribution in [1.82, 2.24) is 4.90 Å². The molecule has 1 aliphatic heterocycles. The number of alkyl halides is 3. The second kappa shape index (κ2) is 9.07. The third kappa shape index (κ3) is 5.91. The van der Waals surface area contributed by atoms with Gasteiger partial charge in [0.2, 0.25) is 15.9 Å². The van der Waals surface area contributed by atoms with Crippen LogP contribution in [0.4, 0.5) is 24.5 Å². The number of carbonyl (C=O) groups excluding carboxylic acids is 1. The van der Waals surface area contributed by atoms with E-state index >= 15 is 0 Å². The van der Waals surface area contributed by atoms with Crippen LogP contribution >= 0.6 is 15.9 Å². The Bertz CT molecular complexity index is 1050. The van der Waals surface area contributed by atoms with Gasteiger partial charge >= 0.3 is 6.18 Å². The Hall–Kier alpha value is -2.27. The standard InChI is InChI=1S/C20H21BrF3N3O3S/c1-31(29,30)27(18-7-3-5-16(21)13-18)14-19(28)26-10-8-25(9-11-26)17-6-2-4-15(12-17)20(22,23)24/h2-7,12-13H,8-11,14H2,1H3. The van der Waals surface area contributed by atoms with Gasteiger partial charge in [-0.3, -0.25) is 9.10 Å². The Labute approximate surface area is 187 Å². The van der Waals surface area contributed by atoms with Crippen molar-refractivity contribution in [3.63, 3.8) is 0 Å². The molecular formula is C20H21BrF3N3O3S. The molecule has 1 aliphatic rings. The van der Waals surface area contributed by atoms with E-state index in [1.165, 1.54) is 11.0 Å². The lowest BCUT2D eigenvalue weighted by atomic mass is 10.1. The predicted octanol–water partition coefficient (Wildman–Crippen LogP) is 3.58. The third-order valence-corrected chi connectivity index (χ3v) is 6.58. The van der Waals surface area contributed by atoms with Crippen molar-refractivity contribution >= 4 is 43.2 Å². The van der Waals surface area contributed by atoms with Crippen molar-refractivity contribution in [3.05, 3.63) is 58.6 Å². The summed E-state index contributed by atoms with van der Waals surface area (Å²) in [7, 11) is -3.69. The summed E-state index contributed by atoms with van der Waals surface area (Å²) in [4.78, 5) is 16.1. The van der Waals surface area contributed by atoms with Gasteiger partial charge in [0.05, 0.1) is 17.5 Å². The topological polar surface area (TPSA) is 60.9 Å². The van der Waals surface area contributed by atoms with E-state index in [9.17, 15) is 26.4 Å². The molecule has 0 spiro atoms. The number of halogens is 4. The zero-order valence-electron chi connectivity index (χ0n) is 16.6. The van der Waals surface area contributed by atoms with Gasteiger partial charge in [0.1, 0.15) is 6.54 Å². The quantitative estimate of drug-likeness (QED) is 0.605. The fourth-order valence-electron chi connectivity index (χ4n) is 3.35. The van der Waals surface area contributed by atoms with Crippen molar-refractivity contribution in [2.75, 3.05) is 48.2 Å². The Morgan fingerprint density at radius 3 is 2.29 bits per heavy atom. The lowest BCUT2D eigenvalue weighted by Crippen LogP contribution is -2.52. The molecule has 2 aromatic carbocycles. The summed E-state index contributed by atoms with van der Waals surface area (Å²) in [6.45, 7) is 0.917. The van der Waals surface area contributed by atoms with E-state index in [1.807, 2.05) is 0 Å². The number of carbonyl (C=O) groups is 1. The Balaban J connectivity index is 1.67. The first-order chi connectivity index (χ1) is 14.4. The zero-order valence-corrected chi connectivity index (χ0v) is 19.0. The minimum atomic E-state index is -4.42. The monoisotopic (exact) mass is 519 g/mol. The molecule has 1 fully saturated rings. The molecule has 0 saturated carbocycles. The number of piperazine rings is 1. The molecule has 6 nitrogen and oxygen atoms in total. The number of sulfonamides is 1. The number of anilines is 2. The van der Waals surface area contributed by atoms with Crippen LogP contribution in [0.25, 0.3) is 0 Å². The Morgan fingerprint density at radius 1 is 1.06 bits per heavy atom. The van der Waals surface area contributed by atoms with Gasteiger partial charge in [-0.25, -0.2) is 8.42 Å². The first-order valence-electron chi connectivity index (χ1n) is 9.38. The van der Waals surface area contributed by atoms with E-state index in [2.05, 4.69) is 15.9 Å². The average molecular weight is 520 g/mol. The van der Waals surface area contributed by atoms with Crippen LogP contribution in [0.15, 0.2) is 53.0 Å².